The van der Waals surface area contributed by atoms with Gasteiger partial charge in [0.2, 0.25) is 0 Å². The van der Waals surface area contributed by atoms with E-state index in [2.05, 4.69) is 0 Å². The molecular weight excluding hydrogens is 181 g/mol. The van der Waals surface area contributed by atoms with E-state index in [-0.39, 0.29) is 5.30 Å². The van der Waals surface area contributed by atoms with Crippen molar-refractivity contribution in [2.75, 3.05) is 0 Å². The zero-order chi connectivity index (χ0) is 9.35. The molecule has 0 spiro atoms. The molecule has 0 aromatic heterocycles. The fourth-order valence-electron chi connectivity index (χ4n) is 1.000. The van der Waals surface area contributed by atoms with Crippen LogP contribution in [0.1, 0.15) is 11.1 Å². The monoisotopic (exact) mass is 190 g/mol. The van der Waals surface area contributed by atoms with Crippen molar-refractivity contribution in [1.82, 2.24) is 0 Å². The van der Waals surface area contributed by atoms with Gasteiger partial charge in [-0.05, 0) is 25.5 Å². The SMILES string of the molecule is Cc1ccc(C)c(P(=O)(F)F)c1. The molecule has 0 saturated heterocycles. The normalized spacial score (nSPS) is 11.7. The second-order valence-corrected chi connectivity index (χ2v) is 4.16. The van der Waals surface area contributed by atoms with Gasteiger partial charge in [0.1, 0.15) is 0 Å². The Hall–Kier alpha value is -0.690. The Bertz CT molecular complexity index is 343. The van der Waals surface area contributed by atoms with E-state index in [1.807, 2.05) is 0 Å². The third-order valence-electron chi connectivity index (χ3n) is 1.65. The van der Waals surface area contributed by atoms with Gasteiger partial charge >= 0.3 is 7.76 Å². The standard InChI is InChI=1S/C8H9F2OP/c1-6-3-4-7(2)8(5-6)12(9,10)11/h3-5H,1-2H3. The fourth-order valence-corrected chi connectivity index (χ4v) is 1.84. The molecule has 0 atom stereocenters. The van der Waals surface area contributed by atoms with Crippen molar-refractivity contribution < 1.29 is 13.0 Å². The predicted octanol–water partition coefficient (Wildman–Crippen LogP) is 3.06. The maximum atomic E-state index is 12.5. The summed E-state index contributed by atoms with van der Waals surface area (Å²) in [7, 11) is -5.08. The van der Waals surface area contributed by atoms with Crippen LogP contribution < -0.4 is 5.30 Å². The Labute approximate surface area is 70.0 Å². The molecule has 0 aliphatic rings. The molecule has 0 radical (unpaired) electrons. The van der Waals surface area contributed by atoms with Gasteiger partial charge in [0.15, 0.2) is 0 Å². The van der Waals surface area contributed by atoms with Crippen LogP contribution in [-0.2, 0) is 4.57 Å². The van der Waals surface area contributed by atoms with Gasteiger partial charge < -0.3 is 0 Å². The lowest BCUT2D eigenvalue weighted by Crippen LogP contribution is -2.03. The molecule has 1 aromatic carbocycles. The second kappa shape index (κ2) is 2.98. The van der Waals surface area contributed by atoms with Crippen molar-refractivity contribution in [2.24, 2.45) is 0 Å². The van der Waals surface area contributed by atoms with Crippen LogP contribution in [0, 0.1) is 13.8 Å². The lowest BCUT2D eigenvalue weighted by atomic mass is 10.2. The molecule has 4 heteroatoms. The largest absolute Gasteiger partial charge is 0.433 e. The summed E-state index contributed by atoms with van der Waals surface area (Å²) in [6, 6.07) is 4.54. The summed E-state index contributed by atoms with van der Waals surface area (Å²) in [4.78, 5) is 0. The highest BCUT2D eigenvalue weighted by Gasteiger charge is 2.24. The average Bonchev–Trinajstić information content (AvgIpc) is 1.92. The molecule has 0 fully saturated rings. The third-order valence-corrected chi connectivity index (χ3v) is 2.69. The predicted molar refractivity (Wildman–Crippen MR) is 45.4 cm³/mol. The minimum absolute atomic E-state index is 0.317. The third kappa shape index (κ3) is 1.92. The van der Waals surface area contributed by atoms with Crippen LogP contribution >= 0.6 is 7.76 Å². The molecule has 12 heavy (non-hydrogen) atoms. The molecule has 0 N–H and O–H groups in total. The summed E-state index contributed by atoms with van der Waals surface area (Å²) >= 11 is 0. The molecule has 0 bridgehead atoms. The molecule has 0 heterocycles. The highest BCUT2D eigenvalue weighted by Crippen LogP contribution is 2.48. The van der Waals surface area contributed by atoms with E-state index >= 15 is 0 Å². The number of halogens is 2. The van der Waals surface area contributed by atoms with Crippen molar-refractivity contribution >= 4 is 13.1 Å². The van der Waals surface area contributed by atoms with Crippen LogP contribution in [0.4, 0.5) is 8.39 Å². The summed E-state index contributed by atoms with van der Waals surface area (Å²) in [5.74, 6) is 0. The maximum absolute atomic E-state index is 12.5. The van der Waals surface area contributed by atoms with Crippen molar-refractivity contribution in [3.8, 4) is 0 Å². The van der Waals surface area contributed by atoms with Crippen LogP contribution in [0.15, 0.2) is 18.2 Å². The minimum atomic E-state index is -5.08. The zero-order valence-corrected chi connectivity index (χ0v) is 7.74. The first-order valence-corrected chi connectivity index (χ1v) is 4.97. The highest BCUT2D eigenvalue weighted by atomic mass is 31.2. The number of hydrogen-bond acceptors (Lipinski definition) is 1. The number of hydrogen-bond donors (Lipinski definition) is 0. The van der Waals surface area contributed by atoms with Gasteiger partial charge in [0.25, 0.3) is 0 Å². The van der Waals surface area contributed by atoms with Crippen LogP contribution in [0.25, 0.3) is 0 Å². The van der Waals surface area contributed by atoms with Gasteiger partial charge in [0.05, 0.1) is 5.30 Å². The van der Waals surface area contributed by atoms with E-state index in [1.165, 1.54) is 13.0 Å². The van der Waals surface area contributed by atoms with E-state index in [9.17, 15) is 13.0 Å². The number of benzene rings is 1. The van der Waals surface area contributed by atoms with Gasteiger partial charge in [-0.2, -0.15) is 0 Å². The fraction of sp³-hybridized carbons (Fsp3) is 0.250. The average molecular weight is 190 g/mol. The molecule has 1 aromatic rings. The van der Waals surface area contributed by atoms with E-state index < -0.39 is 7.76 Å². The Morgan fingerprint density at radius 1 is 1.25 bits per heavy atom. The first kappa shape index (κ1) is 9.40. The lowest BCUT2D eigenvalue weighted by molar-refractivity contribution is 0.507. The smallest absolute Gasteiger partial charge is 0.244 e. The van der Waals surface area contributed by atoms with Gasteiger partial charge in [-0.25, -0.2) is 4.57 Å². The van der Waals surface area contributed by atoms with Gasteiger partial charge in [-0.1, -0.05) is 17.7 Å². The summed E-state index contributed by atoms with van der Waals surface area (Å²) in [5.41, 5.74) is 1.08. The number of rotatable bonds is 1. The lowest BCUT2D eigenvalue weighted by Gasteiger charge is -2.04. The topological polar surface area (TPSA) is 17.1 Å². The van der Waals surface area contributed by atoms with Crippen LogP contribution in [-0.4, -0.2) is 0 Å². The Morgan fingerprint density at radius 3 is 2.25 bits per heavy atom. The van der Waals surface area contributed by atoms with Crippen LogP contribution in [0.3, 0.4) is 0 Å². The van der Waals surface area contributed by atoms with Gasteiger partial charge in [0, 0.05) is 0 Å². The zero-order valence-electron chi connectivity index (χ0n) is 6.84. The summed E-state index contributed by atoms with van der Waals surface area (Å²) in [5, 5.41) is -0.317. The first-order valence-electron chi connectivity index (χ1n) is 3.48. The summed E-state index contributed by atoms with van der Waals surface area (Å²) in [6.45, 7) is 3.22. The van der Waals surface area contributed by atoms with Crippen molar-refractivity contribution in [3.05, 3.63) is 29.3 Å². The first-order chi connectivity index (χ1) is 5.41. The molecule has 66 valence electrons. The minimum Gasteiger partial charge on any atom is -0.244 e. The van der Waals surface area contributed by atoms with Crippen LogP contribution in [0.5, 0.6) is 0 Å². The summed E-state index contributed by atoms with van der Waals surface area (Å²) < 4.78 is 35.4. The molecule has 0 saturated carbocycles. The molecule has 0 aliphatic carbocycles. The quantitative estimate of drug-likeness (QED) is 0.622. The maximum Gasteiger partial charge on any atom is 0.433 e. The van der Waals surface area contributed by atoms with Crippen molar-refractivity contribution in [2.45, 2.75) is 13.8 Å². The van der Waals surface area contributed by atoms with Crippen LogP contribution in [0.2, 0.25) is 0 Å². The highest BCUT2D eigenvalue weighted by molar-refractivity contribution is 7.61. The summed E-state index contributed by atoms with van der Waals surface area (Å²) in [6.07, 6.45) is 0. The van der Waals surface area contributed by atoms with E-state index in [0.29, 0.717) is 11.1 Å². The van der Waals surface area contributed by atoms with Gasteiger partial charge in [-0.3, -0.25) is 0 Å². The van der Waals surface area contributed by atoms with E-state index in [1.54, 1.807) is 19.1 Å². The molecule has 1 rings (SSSR count). The second-order valence-electron chi connectivity index (χ2n) is 2.75. The Kier molecular flexibility index (Phi) is 2.34. The Balaban J connectivity index is 3.33. The van der Waals surface area contributed by atoms with Crippen molar-refractivity contribution in [1.29, 1.82) is 0 Å². The van der Waals surface area contributed by atoms with Gasteiger partial charge in [-0.15, -0.1) is 8.39 Å². The molecular formula is C8H9F2OP. The molecule has 0 amide bonds. The molecule has 1 nitrogen and oxygen atoms in total. The van der Waals surface area contributed by atoms with E-state index in [4.69, 9.17) is 0 Å². The number of aryl methyl sites for hydroxylation is 2. The molecule has 0 aliphatic heterocycles. The van der Waals surface area contributed by atoms with E-state index in [0.717, 1.165) is 0 Å². The Morgan fingerprint density at radius 2 is 1.83 bits per heavy atom. The van der Waals surface area contributed by atoms with Crippen molar-refractivity contribution in [3.63, 3.8) is 0 Å². The molecule has 0 unspecified atom stereocenters.